The highest BCUT2D eigenvalue weighted by molar-refractivity contribution is 7.92. The Morgan fingerprint density at radius 2 is 1.95 bits per heavy atom. The Kier molecular flexibility index (Phi) is 4.00. The molecule has 0 bridgehead atoms. The molecule has 2 aromatic rings. The number of sulfonamides is 1. The van der Waals surface area contributed by atoms with Crippen molar-refractivity contribution in [1.82, 2.24) is 9.97 Å². The van der Waals surface area contributed by atoms with Gasteiger partial charge in [-0.15, -0.1) is 0 Å². The van der Waals surface area contributed by atoms with Gasteiger partial charge in [-0.2, -0.15) is 0 Å². The van der Waals surface area contributed by atoms with Gasteiger partial charge in [0.1, 0.15) is 5.82 Å². The number of hydrogen-bond acceptors (Lipinski definition) is 6. The number of rotatable bonds is 4. The molecular weight excluding hydrogens is 327 g/mol. The Balaban J connectivity index is 2.50. The van der Waals surface area contributed by atoms with E-state index in [1.165, 1.54) is 12.4 Å². The Morgan fingerprint density at radius 1 is 1.29 bits per heavy atom. The van der Waals surface area contributed by atoms with E-state index >= 15 is 0 Å². The molecule has 1 aromatic heterocycles. The average Bonchev–Trinajstić information content (AvgIpc) is 2.40. The van der Waals surface area contributed by atoms with Crippen LogP contribution in [0.2, 0.25) is 5.15 Å². The van der Waals surface area contributed by atoms with Gasteiger partial charge in [0.15, 0.2) is 15.9 Å². The van der Waals surface area contributed by atoms with E-state index in [0.29, 0.717) is 6.07 Å². The molecule has 0 fully saturated rings. The van der Waals surface area contributed by atoms with Crippen molar-refractivity contribution in [2.75, 3.05) is 4.72 Å². The van der Waals surface area contributed by atoms with Gasteiger partial charge < -0.3 is 0 Å². The predicted molar refractivity (Wildman–Crippen MR) is 70.9 cm³/mol. The van der Waals surface area contributed by atoms with E-state index in [4.69, 9.17) is 11.6 Å². The van der Waals surface area contributed by atoms with Crippen LogP contribution in [0.25, 0.3) is 0 Å². The zero-order chi connectivity index (χ0) is 15.6. The van der Waals surface area contributed by atoms with Gasteiger partial charge in [-0.05, 0) is 12.1 Å². The monoisotopic (exact) mass is 332 g/mol. The van der Waals surface area contributed by atoms with Crippen molar-refractivity contribution in [3.05, 3.63) is 51.7 Å². The molecule has 0 aliphatic carbocycles. The largest absolute Gasteiger partial charge is 0.292 e. The molecule has 0 atom stereocenters. The Morgan fingerprint density at radius 3 is 2.57 bits per heavy atom. The van der Waals surface area contributed by atoms with Crippen molar-refractivity contribution < 1.29 is 17.7 Å². The van der Waals surface area contributed by atoms with Gasteiger partial charge in [0.25, 0.3) is 15.7 Å². The summed E-state index contributed by atoms with van der Waals surface area (Å²) in [5.74, 6) is -1.23. The fourth-order valence-corrected chi connectivity index (χ4v) is 2.81. The van der Waals surface area contributed by atoms with Crippen LogP contribution >= 0.6 is 11.6 Å². The van der Waals surface area contributed by atoms with Gasteiger partial charge in [0.2, 0.25) is 0 Å². The molecule has 110 valence electrons. The first-order chi connectivity index (χ1) is 9.81. The van der Waals surface area contributed by atoms with E-state index in [1.54, 1.807) is 0 Å². The van der Waals surface area contributed by atoms with Gasteiger partial charge in [-0.25, -0.2) is 22.8 Å². The zero-order valence-corrected chi connectivity index (χ0v) is 11.6. The van der Waals surface area contributed by atoms with Crippen molar-refractivity contribution in [2.24, 2.45) is 0 Å². The number of nitrogens with zero attached hydrogens (tertiary/aromatic N) is 3. The molecule has 1 N–H and O–H groups in total. The summed E-state index contributed by atoms with van der Waals surface area (Å²) < 4.78 is 39.2. The van der Waals surface area contributed by atoms with Crippen molar-refractivity contribution in [1.29, 1.82) is 0 Å². The number of anilines is 1. The maximum absolute atomic E-state index is 13.0. The molecular formula is C10H6ClFN4O4S. The number of hydrogen-bond donors (Lipinski definition) is 1. The van der Waals surface area contributed by atoms with Crippen LogP contribution in [0.3, 0.4) is 0 Å². The number of halogens is 2. The second kappa shape index (κ2) is 5.58. The summed E-state index contributed by atoms with van der Waals surface area (Å²) in [4.78, 5) is 16.4. The van der Waals surface area contributed by atoms with E-state index in [9.17, 15) is 22.9 Å². The minimum absolute atomic E-state index is 0.231. The summed E-state index contributed by atoms with van der Waals surface area (Å²) in [6.07, 6.45) is 2.42. The molecule has 8 nitrogen and oxygen atoms in total. The van der Waals surface area contributed by atoms with Crippen LogP contribution in [0.4, 0.5) is 15.9 Å². The van der Waals surface area contributed by atoms with E-state index in [2.05, 4.69) is 9.97 Å². The number of aromatic nitrogens is 2. The lowest BCUT2D eigenvalue weighted by Gasteiger charge is -2.08. The molecule has 2 rings (SSSR count). The van der Waals surface area contributed by atoms with Gasteiger partial charge in [0.05, 0.1) is 11.0 Å². The highest BCUT2D eigenvalue weighted by Gasteiger charge is 2.27. The van der Waals surface area contributed by atoms with Crippen LogP contribution in [0.5, 0.6) is 0 Å². The molecule has 1 heterocycles. The van der Waals surface area contributed by atoms with Gasteiger partial charge in [-0.3, -0.25) is 14.8 Å². The summed E-state index contributed by atoms with van der Waals surface area (Å²) in [6.45, 7) is 0. The number of benzene rings is 1. The molecule has 0 aliphatic heterocycles. The highest BCUT2D eigenvalue weighted by Crippen LogP contribution is 2.27. The van der Waals surface area contributed by atoms with Crippen molar-refractivity contribution in [3.8, 4) is 0 Å². The topological polar surface area (TPSA) is 115 Å². The van der Waals surface area contributed by atoms with Crippen LogP contribution in [0.1, 0.15) is 0 Å². The molecule has 1 aromatic carbocycles. The average molecular weight is 333 g/mol. The van der Waals surface area contributed by atoms with E-state index in [1.807, 2.05) is 4.72 Å². The first-order valence-corrected chi connectivity index (χ1v) is 7.10. The lowest BCUT2D eigenvalue weighted by atomic mass is 10.3. The molecule has 0 saturated heterocycles. The highest BCUT2D eigenvalue weighted by atomic mass is 35.5. The lowest BCUT2D eigenvalue weighted by molar-refractivity contribution is -0.388. The fourth-order valence-electron chi connectivity index (χ4n) is 1.43. The van der Waals surface area contributed by atoms with Gasteiger partial charge in [0, 0.05) is 12.4 Å². The number of nitrogens with one attached hydrogen (secondary N) is 1. The molecule has 0 unspecified atom stereocenters. The molecule has 0 amide bonds. The maximum atomic E-state index is 13.0. The van der Waals surface area contributed by atoms with Gasteiger partial charge in [-0.1, -0.05) is 11.6 Å². The lowest BCUT2D eigenvalue weighted by Crippen LogP contribution is -2.16. The summed E-state index contributed by atoms with van der Waals surface area (Å²) in [5.41, 5.74) is -0.900. The number of nitro benzene ring substituents is 1. The second-order valence-electron chi connectivity index (χ2n) is 3.67. The summed E-state index contributed by atoms with van der Waals surface area (Å²) in [6, 6.07) is 2.08. The first-order valence-electron chi connectivity index (χ1n) is 5.24. The van der Waals surface area contributed by atoms with E-state index in [0.717, 1.165) is 12.1 Å². The smallest absolute Gasteiger partial charge is 0.261 e. The minimum Gasteiger partial charge on any atom is -0.261 e. The summed E-state index contributed by atoms with van der Waals surface area (Å²) >= 11 is 5.65. The molecule has 0 spiro atoms. The second-order valence-corrected chi connectivity index (χ2v) is 5.68. The Hall–Kier alpha value is -2.33. The normalized spacial score (nSPS) is 11.1. The summed E-state index contributed by atoms with van der Waals surface area (Å²) in [5, 5.41) is 10.6. The fraction of sp³-hybridized carbons (Fsp3) is 0. The maximum Gasteiger partial charge on any atom is 0.292 e. The third-order valence-electron chi connectivity index (χ3n) is 2.29. The van der Waals surface area contributed by atoms with Crippen molar-refractivity contribution in [2.45, 2.75) is 4.90 Å². The SMILES string of the molecule is O=[N+]([O-])c1cc(F)ccc1S(=O)(=O)Nc1nccnc1Cl. The van der Waals surface area contributed by atoms with Crippen LogP contribution in [0, 0.1) is 15.9 Å². The van der Waals surface area contributed by atoms with Crippen LogP contribution in [0.15, 0.2) is 35.5 Å². The predicted octanol–water partition coefficient (Wildman–Crippen LogP) is 1.98. The Labute approximate surface area is 122 Å². The van der Waals surface area contributed by atoms with Crippen molar-refractivity contribution in [3.63, 3.8) is 0 Å². The molecule has 11 heteroatoms. The van der Waals surface area contributed by atoms with Gasteiger partial charge >= 0.3 is 0 Å². The molecule has 0 radical (unpaired) electrons. The van der Waals surface area contributed by atoms with Crippen LogP contribution in [-0.4, -0.2) is 23.3 Å². The number of nitro groups is 1. The van der Waals surface area contributed by atoms with E-state index < -0.39 is 31.3 Å². The minimum atomic E-state index is -4.37. The molecule has 0 saturated carbocycles. The van der Waals surface area contributed by atoms with Crippen LogP contribution in [-0.2, 0) is 10.0 Å². The van der Waals surface area contributed by atoms with E-state index in [-0.39, 0.29) is 11.0 Å². The third kappa shape index (κ3) is 3.23. The van der Waals surface area contributed by atoms with Crippen LogP contribution < -0.4 is 4.72 Å². The first kappa shape index (κ1) is 15.1. The standard InChI is InChI=1S/C10H6ClFN4O4S/c11-9-10(14-4-3-13-9)15-21(19,20)8-2-1-6(12)5-7(8)16(17)18/h1-5H,(H,14,15). The zero-order valence-electron chi connectivity index (χ0n) is 10.0. The third-order valence-corrected chi connectivity index (χ3v) is 3.95. The summed E-state index contributed by atoms with van der Waals surface area (Å²) in [7, 11) is -4.37. The van der Waals surface area contributed by atoms with Crippen molar-refractivity contribution >= 4 is 33.1 Å². The molecule has 0 aliphatic rings. The Bertz CT molecular complexity index is 814. The molecule has 21 heavy (non-hydrogen) atoms. The quantitative estimate of drug-likeness (QED) is 0.676.